The molecule has 1 aromatic carbocycles. The van der Waals surface area contributed by atoms with E-state index < -0.39 is 23.8 Å². The van der Waals surface area contributed by atoms with Crippen molar-refractivity contribution in [3.8, 4) is 0 Å². The monoisotopic (exact) mass is 227 g/mol. The van der Waals surface area contributed by atoms with Crippen LogP contribution < -0.4 is 5.73 Å². The lowest BCUT2D eigenvalue weighted by Crippen LogP contribution is -2.36. The number of nitrogens with two attached hydrogens (primary N) is 1. The second-order valence-corrected chi connectivity index (χ2v) is 4.41. The van der Waals surface area contributed by atoms with E-state index in [0.29, 0.717) is 5.56 Å². The van der Waals surface area contributed by atoms with Gasteiger partial charge in [0.25, 0.3) is 0 Å². The lowest BCUT2D eigenvalue weighted by atomic mass is 9.77. The summed E-state index contributed by atoms with van der Waals surface area (Å²) in [5, 5.41) is 9.90. The van der Waals surface area contributed by atoms with Gasteiger partial charge in [0.2, 0.25) is 0 Å². The fourth-order valence-electron chi connectivity index (χ4n) is 2.04. The van der Waals surface area contributed by atoms with Crippen molar-refractivity contribution in [2.75, 3.05) is 0 Å². The molecule has 0 spiro atoms. The minimum atomic E-state index is -0.713. The Balaban J connectivity index is 2.15. The van der Waals surface area contributed by atoms with Crippen LogP contribution in [0.1, 0.15) is 30.9 Å². The average molecular weight is 227 g/mol. The first-order valence-corrected chi connectivity index (χ1v) is 5.47. The van der Waals surface area contributed by atoms with Gasteiger partial charge in [-0.3, -0.25) is 0 Å². The molecule has 3 N–H and O–H groups in total. The zero-order chi connectivity index (χ0) is 11.7. The van der Waals surface area contributed by atoms with Crippen LogP contribution in [0.25, 0.3) is 0 Å². The van der Waals surface area contributed by atoms with Crippen molar-refractivity contribution in [3.05, 3.63) is 35.4 Å². The number of hydrogen-bond acceptors (Lipinski definition) is 2. The Hall–Kier alpha value is -1.00. The number of aliphatic hydroxyl groups is 1. The first kappa shape index (κ1) is 11.5. The molecule has 2 nitrogen and oxygen atoms in total. The molecule has 0 aromatic heterocycles. The van der Waals surface area contributed by atoms with E-state index in [1.165, 1.54) is 12.1 Å². The highest BCUT2D eigenvalue weighted by atomic mass is 19.1. The Morgan fingerprint density at radius 2 is 1.75 bits per heavy atom. The summed E-state index contributed by atoms with van der Waals surface area (Å²) >= 11 is 0. The fraction of sp³-hybridized carbons (Fsp3) is 0.500. The summed E-state index contributed by atoms with van der Waals surface area (Å²) in [6.07, 6.45) is 2.25. The Labute approximate surface area is 93.1 Å². The van der Waals surface area contributed by atoms with Crippen molar-refractivity contribution in [2.24, 2.45) is 11.7 Å². The molecule has 0 unspecified atom stereocenters. The Morgan fingerprint density at radius 3 is 2.19 bits per heavy atom. The predicted octanol–water partition coefficient (Wildman–Crippen LogP) is 2.13. The van der Waals surface area contributed by atoms with E-state index in [4.69, 9.17) is 5.73 Å². The molecule has 16 heavy (non-hydrogen) atoms. The van der Waals surface area contributed by atoms with E-state index in [-0.39, 0.29) is 5.92 Å². The molecule has 2 atom stereocenters. The van der Waals surface area contributed by atoms with Gasteiger partial charge in [-0.15, -0.1) is 0 Å². The van der Waals surface area contributed by atoms with Crippen LogP contribution in [0.4, 0.5) is 8.78 Å². The maximum absolute atomic E-state index is 13.0. The summed E-state index contributed by atoms with van der Waals surface area (Å²) in [5.41, 5.74) is 6.12. The van der Waals surface area contributed by atoms with Gasteiger partial charge in [0.15, 0.2) is 0 Å². The van der Waals surface area contributed by atoms with Crippen LogP contribution in [0.2, 0.25) is 0 Å². The Morgan fingerprint density at radius 1 is 1.19 bits per heavy atom. The van der Waals surface area contributed by atoms with Crippen molar-refractivity contribution in [2.45, 2.75) is 31.4 Å². The largest absolute Gasteiger partial charge is 0.391 e. The Kier molecular flexibility index (Phi) is 3.21. The maximum atomic E-state index is 13.0. The van der Waals surface area contributed by atoms with Gasteiger partial charge in [0.1, 0.15) is 11.6 Å². The molecule has 0 heterocycles. The molecule has 0 amide bonds. The van der Waals surface area contributed by atoms with Crippen molar-refractivity contribution in [1.82, 2.24) is 0 Å². The van der Waals surface area contributed by atoms with Gasteiger partial charge in [-0.1, -0.05) is 6.42 Å². The molecule has 1 saturated carbocycles. The summed E-state index contributed by atoms with van der Waals surface area (Å²) in [6.45, 7) is 0. The van der Waals surface area contributed by atoms with Gasteiger partial charge in [-0.25, -0.2) is 8.78 Å². The van der Waals surface area contributed by atoms with Crippen molar-refractivity contribution in [1.29, 1.82) is 0 Å². The summed E-state index contributed by atoms with van der Waals surface area (Å²) in [7, 11) is 0. The van der Waals surface area contributed by atoms with E-state index in [2.05, 4.69) is 0 Å². The van der Waals surface area contributed by atoms with Gasteiger partial charge in [0, 0.05) is 6.07 Å². The van der Waals surface area contributed by atoms with E-state index >= 15 is 0 Å². The third-order valence-corrected chi connectivity index (χ3v) is 3.27. The molecule has 1 aliphatic carbocycles. The zero-order valence-electron chi connectivity index (χ0n) is 8.87. The van der Waals surface area contributed by atoms with E-state index in [1.807, 2.05) is 0 Å². The lowest BCUT2D eigenvalue weighted by Gasteiger charge is -2.33. The molecule has 4 heteroatoms. The molecule has 0 radical (unpaired) electrons. The van der Waals surface area contributed by atoms with Gasteiger partial charge in [0.05, 0.1) is 12.1 Å². The predicted molar refractivity (Wildman–Crippen MR) is 56.6 cm³/mol. The third kappa shape index (κ3) is 2.23. The average Bonchev–Trinajstić information content (AvgIpc) is 2.12. The van der Waals surface area contributed by atoms with Gasteiger partial charge in [-0.2, -0.15) is 0 Å². The third-order valence-electron chi connectivity index (χ3n) is 3.27. The molecule has 1 aliphatic rings. The van der Waals surface area contributed by atoms with Gasteiger partial charge >= 0.3 is 0 Å². The zero-order valence-corrected chi connectivity index (χ0v) is 8.87. The number of benzene rings is 1. The minimum Gasteiger partial charge on any atom is -0.391 e. The molecular formula is C12H15F2NO. The smallest absolute Gasteiger partial charge is 0.126 e. The number of rotatable bonds is 3. The van der Waals surface area contributed by atoms with Crippen molar-refractivity contribution < 1.29 is 13.9 Å². The summed E-state index contributed by atoms with van der Waals surface area (Å²) in [6, 6.07) is 2.44. The van der Waals surface area contributed by atoms with Gasteiger partial charge in [-0.05, 0) is 36.5 Å². The van der Waals surface area contributed by atoms with Gasteiger partial charge < -0.3 is 10.8 Å². The molecule has 0 aliphatic heterocycles. The van der Waals surface area contributed by atoms with Crippen LogP contribution >= 0.6 is 0 Å². The number of aliphatic hydroxyl groups excluding tert-OH is 1. The second-order valence-electron chi connectivity index (χ2n) is 4.41. The normalized spacial score (nSPS) is 20.2. The quantitative estimate of drug-likeness (QED) is 0.830. The number of hydrogen-bond donors (Lipinski definition) is 2. The maximum Gasteiger partial charge on any atom is 0.126 e. The highest BCUT2D eigenvalue weighted by molar-refractivity contribution is 5.22. The van der Waals surface area contributed by atoms with Crippen LogP contribution in [0.3, 0.4) is 0 Å². The molecular weight excluding hydrogens is 212 g/mol. The summed E-state index contributed by atoms with van der Waals surface area (Å²) < 4.78 is 25.9. The second kappa shape index (κ2) is 4.47. The minimum absolute atomic E-state index is 0.168. The SMILES string of the molecule is N[C@H](c1cc(F)cc(F)c1)[C@@H](O)C1CCC1. The highest BCUT2D eigenvalue weighted by Gasteiger charge is 2.30. The Bertz CT molecular complexity index is 359. The summed E-state index contributed by atoms with van der Waals surface area (Å²) in [5.74, 6) is -1.15. The molecule has 88 valence electrons. The topological polar surface area (TPSA) is 46.2 Å². The first-order chi connectivity index (χ1) is 7.58. The lowest BCUT2D eigenvalue weighted by molar-refractivity contribution is 0.0412. The van der Waals surface area contributed by atoms with Crippen LogP contribution in [0.15, 0.2) is 18.2 Å². The fourth-order valence-corrected chi connectivity index (χ4v) is 2.04. The number of halogens is 2. The van der Waals surface area contributed by atoms with E-state index in [1.54, 1.807) is 0 Å². The first-order valence-electron chi connectivity index (χ1n) is 5.47. The van der Waals surface area contributed by atoms with E-state index in [9.17, 15) is 13.9 Å². The van der Waals surface area contributed by atoms with Crippen LogP contribution in [0, 0.1) is 17.6 Å². The van der Waals surface area contributed by atoms with Crippen molar-refractivity contribution in [3.63, 3.8) is 0 Å². The van der Waals surface area contributed by atoms with Crippen LogP contribution in [-0.2, 0) is 0 Å². The highest BCUT2D eigenvalue weighted by Crippen LogP contribution is 2.34. The van der Waals surface area contributed by atoms with Crippen molar-refractivity contribution >= 4 is 0 Å². The standard InChI is InChI=1S/C12H15F2NO/c13-9-4-8(5-10(14)6-9)11(15)12(16)7-2-1-3-7/h4-7,11-12,16H,1-3,15H2/t11-,12+/m1/s1. The summed E-state index contributed by atoms with van der Waals surface area (Å²) in [4.78, 5) is 0. The molecule has 1 aromatic rings. The molecule has 2 rings (SSSR count). The van der Waals surface area contributed by atoms with Crippen LogP contribution in [-0.4, -0.2) is 11.2 Å². The van der Waals surface area contributed by atoms with Crippen LogP contribution in [0.5, 0.6) is 0 Å². The molecule has 1 fully saturated rings. The molecule has 0 bridgehead atoms. The molecule has 0 saturated heterocycles. The van der Waals surface area contributed by atoms with E-state index in [0.717, 1.165) is 25.3 Å².